The summed E-state index contributed by atoms with van der Waals surface area (Å²) in [6.07, 6.45) is 1.03. The summed E-state index contributed by atoms with van der Waals surface area (Å²) in [5.41, 5.74) is 1.24. The molecule has 0 bridgehead atoms. The van der Waals surface area contributed by atoms with Gasteiger partial charge in [0, 0.05) is 24.2 Å². The van der Waals surface area contributed by atoms with Crippen LogP contribution in [0.1, 0.15) is 38.8 Å². The number of methoxy groups -OCH3 is 1. The molecule has 0 saturated heterocycles. The van der Waals surface area contributed by atoms with E-state index in [4.69, 9.17) is 16.3 Å². The van der Waals surface area contributed by atoms with Gasteiger partial charge in [-0.05, 0) is 30.0 Å². The Morgan fingerprint density at radius 3 is 2.56 bits per heavy atom. The van der Waals surface area contributed by atoms with Gasteiger partial charge >= 0.3 is 0 Å². The second kappa shape index (κ2) is 7.78. The molecule has 2 atom stereocenters. The van der Waals surface area contributed by atoms with Crippen molar-refractivity contribution in [3.8, 4) is 0 Å². The quantitative estimate of drug-likeness (QED) is 0.806. The molecule has 0 aliphatic carbocycles. The lowest BCUT2D eigenvalue weighted by molar-refractivity contribution is 0.139. The Labute approximate surface area is 116 Å². The average Bonchev–Trinajstić information content (AvgIpc) is 2.34. The smallest absolute Gasteiger partial charge is 0.0618 e. The molecule has 18 heavy (non-hydrogen) atoms. The van der Waals surface area contributed by atoms with E-state index in [-0.39, 0.29) is 0 Å². The molecular formula is C15H24ClNO. The van der Waals surface area contributed by atoms with E-state index < -0.39 is 0 Å². The Kier molecular flexibility index (Phi) is 6.69. The average molecular weight is 270 g/mol. The molecule has 0 fully saturated rings. The van der Waals surface area contributed by atoms with Crippen molar-refractivity contribution in [2.24, 2.45) is 5.92 Å². The first-order valence-electron chi connectivity index (χ1n) is 6.58. The number of hydrogen-bond donors (Lipinski definition) is 1. The maximum atomic E-state index is 6.05. The third-order valence-electron chi connectivity index (χ3n) is 3.23. The van der Waals surface area contributed by atoms with Crippen molar-refractivity contribution >= 4 is 11.6 Å². The van der Waals surface area contributed by atoms with Gasteiger partial charge in [0.1, 0.15) is 0 Å². The van der Waals surface area contributed by atoms with Crippen LogP contribution in [0.3, 0.4) is 0 Å². The predicted molar refractivity (Wildman–Crippen MR) is 78.1 cm³/mol. The van der Waals surface area contributed by atoms with Gasteiger partial charge in [-0.2, -0.15) is 0 Å². The monoisotopic (exact) mass is 269 g/mol. The van der Waals surface area contributed by atoms with Gasteiger partial charge in [0.05, 0.1) is 6.61 Å². The fraction of sp³-hybridized carbons (Fsp3) is 0.600. The van der Waals surface area contributed by atoms with E-state index in [1.54, 1.807) is 7.11 Å². The summed E-state index contributed by atoms with van der Waals surface area (Å²) in [4.78, 5) is 0. The highest BCUT2D eigenvalue weighted by Crippen LogP contribution is 2.22. The molecule has 0 heterocycles. The van der Waals surface area contributed by atoms with Crippen molar-refractivity contribution in [1.29, 1.82) is 0 Å². The van der Waals surface area contributed by atoms with Gasteiger partial charge in [-0.25, -0.2) is 0 Å². The molecule has 0 aromatic heterocycles. The van der Waals surface area contributed by atoms with Crippen LogP contribution in [-0.2, 0) is 4.74 Å². The summed E-state index contributed by atoms with van der Waals surface area (Å²) in [7, 11) is 1.75. The highest BCUT2D eigenvalue weighted by Gasteiger charge is 2.18. The highest BCUT2D eigenvalue weighted by molar-refractivity contribution is 6.30. The fourth-order valence-corrected chi connectivity index (χ4v) is 2.24. The van der Waals surface area contributed by atoms with Crippen LogP contribution < -0.4 is 5.32 Å². The van der Waals surface area contributed by atoms with Gasteiger partial charge in [0.2, 0.25) is 0 Å². The SMILES string of the molecule is CCC(NC(COC)C(C)C)c1cccc(Cl)c1. The van der Waals surface area contributed by atoms with Crippen LogP contribution in [-0.4, -0.2) is 19.8 Å². The molecule has 102 valence electrons. The molecule has 0 aliphatic heterocycles. The first-order chi connectivity index (χ1) is 8.58. The third kappa shape index (κ3) is 4.60. The van der Waals surface area contributed by atoms with Crippen molar-refractivity contribution < 1.29 is 4.74 Å². The molecule has 0 aliphatic rings. The normalized spacial score (nSPS) is 14.8. The zero-order valence-corrected chi connectivity index (χ0v) is 12.5. The molecular weight excluding hydrogens is 246 g/mol. The number of rotatable bonds is 7. The Balaban J connectivity index is 2.77. The first-order valence-corrected chi connectivity index (χ1v) is 6.96. The van der Waals surface area contributed by atoms with E-state index in [1.165, 1.54) is 5.56 Å². The standard InChI is InChI=1S/C15H24ClNO/c1-5-14(12-7-6-8-13(16)9-12)17-15(10-18-4)11(2)3/h6-9,11,14-15,17H,5,10H2,1-4H3. The molecule has 3 heteroatoms. The summed E-state index contributed by atoms with van der Waals surface area (Å²) >= 11 is 6.05. The molecule has 1 N–H and O–H groups in total. The van der Waals surface area contributed by atoms with Crippen LogP contribution in [0.5, 0.6) is 0 Å². The van der Waals surface area contributed by atoms with Crippen LogP contribution in [0.2, 0.25) is 5.02 Å². The summed E-state index contributed by atoms with van der Waals surface area (Å²) in [5, 5.41) is 4.46. The minimum absolute atomic E-state index is 0.325. The van der Waals surface area contributed by atoms with Crippen molar-refractivity contribution in [2.75, 3.05) is 13.7 Å². The molecule has 1 aromatic carbocycles. The van der Waals surface area contributed by atoms with E-state index in [2.05, 4.69) is 32.2 Å². The Bertz CT molecular complexity index is 354. The maximum absolute atomic E-state index is 6.05. The zero-order chi connectivity index (χ0) is 13.5. The van der Waals surface area contributed by atoms with Gasteiger partial charge in [0.15, 0.2) is 0 Å². The summed E-state index contributed by atoms with van der Waals surface area (Å²) in [5.74, 6) is 0.540. The van der Waals surface area contributed by atoms with Gasteiger partial charge in [-0.1, -0.05) is 44.5 Å². The van der Waals surface area contributed by atoms with Crippen molar-refractivity contribution in [2.45, 2.75) is 39.3 Å². The second-order valence-electron chi connectivity index (χ2n) is 4.99. The molecule has 0 amide bonds. The molecule has 1 rings (SSSR count). The van der Waals surface area contributed by atoms with Crippen molar-refractivity contribution in [3.63, 3.8) is 0 Å². The molecule has 0 saturated carbocycles. The lowest BCUT2D eigenvalue weighted by atomic mass is 9.99. The van der Waals surface area contributed by atoms with Gasteiger partial charge < -0.3 is 10.1 Å². The molecule has 1 aromatic rings. The lowest BCUT2D eigenvalue weighted by Crippen LogP contribution is -2.40. The van der Waals surface area contributed by atoms with E-state index in [9.17, 15) is 0 Å². The topological polar surface area (TPSA) is 21.3 Å². The number of halogens is 1. The van der Waals surface area contributed by atoms with Crippen LogP contribution in [0.15, 0.2) is 24.3 Å². The minimum Gasteiger partial charge on any atom is -0.383 e. The van der Waals surface area contributed by atoms with Crippen molar-refractivity contribution in [3.05, 3.63) is 34.9 Å². The maximum Gasteiger partial charge on any atom is 0.0618 e. The summed E-state index contributed by atoms with van der Waals surface area (Å²) in [6, 6.07) is 8.75. The number of hydrogen-bond acceptors (Lipinski definition) is 2. The highest BCUT2D eigenvalue weighted by atomic mass is 35.5. The van der Waals surface area contributed by atoms with E-state index in [0.717, 1.165) is 18.1 Å². The molecule has 2 unspecified atom stereocenters. The Hall–Kier alpha value is -0.570. The molecule has 0 spiro atoms. The second-order valence-corrected chi connectivity index (χ2v) is 5.42. The summed E-state index contributed by atoms with van der Waals surface area (Å²) in [6.45, 7) is 7.33. The fourth-order valence-electron chi connectivity index (χ4n) is 2.04. The van der Waals surface area contributed by atoms with E-state index in [0.29, 0.717) is 18.0 Å². The summed E-state index contributed by atoms with van der Waals surface area (Å²) < 4.78 is 5.28. The third-order valence-corrected chi connectivity index (χ3v) is 3.46. The minimum atomic E-state index is 0.325. The largest absolute Gasteiger partial charge is 0.383 e. The predicted octanol–water partition coefficient (Wildman–Crippen LogP) is 4.05. The van der Waals surface area contributed by atoms with Crippen LogP contribution >= 0.6 is 11.6 Å². The number of benzene rings is 1. The first kappa shape index (κ1) is 15.5. The van der Waals surface area contributed by atoms with Crippen LogP contribution in [0.25, 0.3) is 0 Å². The van der Waals surface area contributed by atoms with Crippen molar-refractivity contribution in [1.82, 2.24) is 5.32 Å². The van der Waals surface area contributed by atoms with Gasteiger partial charge in [0.25, 0.3) is 0 Å². The lowest BCUT2D eigenvalue weighted by Gasteiger charge is -2.27. The van der Waals surface area contributed by atoms with Gasteiger partial charge in [-0.3, -0.25) is 0 Å². The zero-order valence-electron chi connectivity index (χ0n) is 11.7. The van der Waals surface area contributed by atoms with Crippen LogP contribution in [0.4, 0.5) is 0 Å². The Morgan fingerprint density at radius 2 is 2.06 bits per heavy atom. The van der Waals surface area contributed by atoms with E-state index >= 15 is 0 Å². The number of nitrogens with one attached hydrogen (secondary N) is 1. The van der Waals surface area contributed by atoms with Crippen LogP contribution in [0, 0.1) is 5.92 Å². The van der Waals surface area contributed by atoms with E-state index in [1.807, 2.05) is 18.2 Å². The molecule has 2 nitrogen and oxygen atoms in total. The molecule has 0 radical (unpaired) electrons. The number of ether oxygens (including phenoxy) is 1. The van der Waals surface area contributed by atoms with Gasteiger partial charge in [-0.15, -0.1) is 0 Å². The Morgan fingerprint density at radius 1 is 1.33 bits per heavy atom.